The van der Waals surface area contributed by atoms with Crippen LogP contribution in [0.4, 0.5) is 0 Å². The molecular formula is C15H17BrN2O. The molecule has 0 amide bonds. The molecule has 0 bridgehead atoms. The minimum Gasteiger partial charge on any atom is -0.489 e. The lowest BCUT2D eigenvalue weighted by Crippen LogP contribution is -2.11. The zero-order chi connectivity index (χ0) is 13.5. The van der Waals surface area contributed by atoms with Crippen molar-refractivity contribution in [1.82, 2.24) is 10.3 Å². The molecule has 0 radical (unpaired) electrons. The Bertz CT molecular complexity index is 514. The highest BCUT2D eigenvalue weighted by Crippen LogP contribution is 2.15. The van der Waals surface area contributed by atoms with Gasteiger partial charge in [0.05, 0.1) is 0 Å². The number of pyridine rings is 1. The lowest BCUT2D eigenvalue weighted by molar-refractivity contribution is 0.305. The standard InChI is InChI=1S/C15H17BrN2O/c1-2-17-8-12-3-5-15(6-4-12)19-11-13-7-14(16)10-18-9-13/h3-7,9-10,17H,2,8,11H2,1H3. The van der Waals surface area contributed by atoms with Crippen molar-refractivity contribution in [2.45, 2.75) is 20.1 Å². The second-order valence-electron chi connectivity index (χ2n) is 4.22. The fraction of sp³-hybridized carbons (Fsp3) is 0.267. The number of aromatic nitrogens is 1. The van der Waals surface area contributed by atoms with Crippen LogP contribution in [0.3, 0.4) is 0 Å². The van der Waals surface area contributed by atoms with E-state index in [4.69, 9.17) is 4.74 Å². The summed E-state index contributed by atoms with van der Waals surface area (Å²) in [5.41, 5.74) is 2.31. The molecule has 0 spiro atoms. The van der Waals surface area contributed by atoms with Crippen LogP contribution < -0.4 is 10.1 Å². The van der Waals surface area contributed by atoms with Gasteiger partial charge in [-0.2, -0.15) is 0 Å². The van der Waals surface area contributed by atoms with E-state index in [9.17, 15) is 0 Å². The molecule has 1 N–H and O–H groups in total. The highest BCUT2D eigenvalue weighted by molar-refractivity contribution is 9.10. The van der Waals surface area contributed by atoms with Crippen molar-refractivity contribution in [3.8, 4) is 5.75 Å². The van der Waals surface area contributed by atoms with Crippen molar-refractivity contribution in [3.05, 3.63) is 58.3 Å². The molecule has 0 unspecified atom stereocenters. The van der Waals surface area contributed by atoms with Crippen LogP contribution in [0.1, 0.15) is 18.1 Å². The highest BCUT2D eigenvalue weighted by Gasteiger charge is 1.98. The smallest absolute Gasteiger partial charge is 0.119 e. The Morgan fingerprint density at radius 1 is 1.16 bits per heavy atom. The molecule has 0 saturated heterocycles. The topological polar surface area (TPSA) is 34.1 Å². The molecule has 2 rings (SSSR count). The average Bonchev–Trinajstić information content (AvgIpc) is 2.44. The Hall–Kier alpha value is -1.39. The van der Waals surface area contributed by atoms with Crippen LogP contribution in [-0.4, -0.2) is 11.5 Å². The van der Waals surface area contributed by atoms with Crippen molar-refractivity contribution in [1.29, 1.82) is 0 Å². The predicted octanol–water partition coefficient (Wildman–Crippen LogP) is 3.53. The average molecular weight is 321 g/mol. The quantitative estimate of drug-likeness (QED) is 0.884. The van der Waals surface area contributed by atoms with E-state index in [1.54, 1.807) is 6.20 Å². The highest BCUT2D eigenvalue weighted by atomic mass is 79.9. The van der Waals surface area contributed by atoms with Crippen molar-refractivity contribution in [3.63, 3.8) is 0 Å². The Balaban J connectivity index is 1.89. The Morgan fingerprint density at radius 3 is 2.63 bits per heavy atom. The molecular weight excluding hydrogens is 304 g/mol. The molecule has 1 heterocycles. The summed E-state index contributed by atoms with van der Waals surface area (Å²) in [6.07, 6.45) is 3.57. The fourth-order valence-electron chi connectivity index (χ4n) is 1.67. The molecule has 2 aromatic rings. The third-order valence-electron chi connectivity index (χ3n) is 2.67. The molecule has 0 aliphatic heterocycles. The number of nitrogens with one attached hydrogen (secondary N) is 1. The predicted molar refractivity (Wildman–Crippen MR) is 80.1 cm³/mol. The van der Waals surface area contributed by atoms with E-state index >= 15 is 0 Å². The molecule has 1 aromatic heterocycles. The first-order valence-electron chi connectivity index (χ1n) is 6.30. The van der Waals surface area contributed by atoms with E-state index < -0.39 is 0 Å². The van der Waals surface area contributed by atoms with E-state index in [2.05, 4.69) is 45.3 Å². The van der Waals surface area contributed by atoms with Gasteiger partial charge in [0, 0.05) is 29.0 Å². The number of ether oxygens (including phenoxy) is 1. The maximum atomic E-state index is 5.73. The van der Waals surface area contributed by atoms with E-state index in [0.29, 0.717) is 6.61 Å². The number of hydrogen-bond acceptors (Lipinski definition) is 3. The maximum absolute atomic E-state index is 5.73. The zero-order valence-corrected chi connectivity index (χ0v) is 12.5. The number of hydrogen-bond donors (Lipinski definition) is 1. The molecule has 100 valence electrons. The summed E-state index contributed by atoms with van der Waals surface area (Å²) in [4.78, 5) is 4.11. The summed E-state index contributed by atoms with van der Waals surface area (Å²) in [5, 5.41) is 3.29. The lowest BCUT2D eigenvalue weighted by atomic mass is 10.2. The summed E-state index contributed by atoms with van der Waals surface area (Å²) >= 11 is 3.40. The molecule has 0 saturated carbocycles. The second-order valence-corrected chi connectivity index (χ2v) is 5.14. The third kappa shape index (κ3) is 4.65. The molecule has 3 nitrogen and oxygen atoms in total. The fourth-order valence-corrected chi connectivity index (χ4v) is 2.09. The Kier molecular flexibility index (Phi) is 5.36. The first-order valence-corrected chi connectivity index (χ1v) is 7.09. The van der Waals surface area contributed by atoms with Gasteiger partial charge in [0.15, 0.2) is 0 Å². The van der Waals surface area contributed by atoms with E-state index in [1.807, 2.05) is 24.4 Å². The van der Waals surface area contributed by atoms with Gasteiger partial charge in [-0.3, -0.25) is 4.98 Å². The lowest BCUT2D eigenvalue weighted by Gasteiger charge is -2.07. The molecule has 1 aromatic carbocycles. The zero-order valence-electron chi connectivity index (χ0n) is 10.9. The van der Waals surface area contributed by atoms with Gasteiger partial charge < -0.3 is 10.1 Å². The van der Waals surface area contributed by atoms with Gasteiger partial charge in [-0.1, -0.05) is 19.1 Å². The number of halogens is 1. The first kappa shape index (κ1) is 14.0. The molecule has 4 heteroatoms. The summed E-state index contributed by atoms with van der Waals surface area (Å²) in [7, 11) is 0. The number of benzene rings is 1. The van der Waals surface area contributed by atoms with Gasteiger partial charge in [-0.05, 0) is 46.2 Å². The summed E-state index contributed by atoms with van der Waals surface area (Å²) in [5.74, 6) is 0.875. The van der Waals surface area contributed by atoms with Crippen LogP contribution >= 0.6 is 15.9 Å². The minimum absolute atomic E-state index is 0.527. The van der Waals surface area contributed by atoms with Crippen molar-refractivity contribution in [2.75, 3.05) is 6.54 Å². The van der Waals surface area contributed by atoms with Gasteiger partial charge >= 0.3 is 0 Å². The van der Waals surface area contributed by atoms with Crippen LogP contribution in [0.15, 0.2) is 47.2 Å². The van der Waals surface area contributed by atoms with E-state index in [-0.39, 0.29) is 0 Å². The van der Waals surface area contributed by atoms with Crippen LogP contribution in [0.2, 0.25) is 0 Å². The third-order valence-corrected chi connectivity index (χ3v) is 3.10. The van der Waals surface area contributed by atoms with Crippen molar-refractivity contribution >= 4 is 15.9 Å². The SMILES string of the molecule is CCNCc1ccc(OCc2cncc(Br)c2)cc1. The molecule has 19 heavy (non-hydrogen) atoms. The van der Waals surface area contributed by atoms with Crippen molar-refractivity contribution in [2.24, 2.45) is 0 Å². The normalized spacial score (nSPS) is 10.4. The van der Waals surface area contributed by atoms with Crippen LogP contribution in [0.5, 0.6) is 5.75 Å². The van der Waals surface area contributed by atoms with Gasteiger partial charge in [0.25, 0.3) is 0 Å². The summed E-state index contributed by atoms with van der Waals surface area (Å²) in [6, 6.07) is 10.2. The molecule has 0 aliphatic carbocycles. The summed E-state index contributed by atoms with van der Waals surface area (Å²) in [6.45, 7) is 4.50. The largest absolute Gasteiger partial charge is 0.489 e. The maximum Gasteiger partial charge on any atom is 0.119 e. The van der Waals surface area contributed by atoms with Gasteiger partial charge in [-0.15, -0.1) is 0 Å². The van der Waals surface area contributed by atoms with Crippen molar-refractivity contribution < 1.29 is 4.74 Å². The van der Waals surface area contributed by atoms with E-state index in [0.717, 1.165) is 28.9 Å². The van der Waals surface area contributed by atoms with Crippen LogP contribution in [0, 0.1) is 0 Å². The van der Waals surface area contributed by atoms with E-state index in [1.165, 1.54) is 5.56 Å². The Labute approximate surface area is 122 Å². The summed E-state index contributed by atoms with van der Waals surface area (Å²) < 4.78 is 6.69. The monoisotopic (exact) mass is 320 g/mol. The van der Waals surface area contributed by atoms with Gasteiger partial charge in [0.2, 0.25) is 0 Å². The van der Waals surface area contributed by atoms with Crippen LogP contribution in [0.25, 0.3) is 0 Å². The number of rotatable bonds is 6. The molecule has 0 fully saturated rings. The first-order chi connectivity index (χ1) is 9.28. The van der Waals surface area contributed by atoms with Gasteiger partial charge in [-0.25, -0.2) is 0 Å². The van der Waals surface area contributed by atoms with Gasteiger partial charge in [0.1, 0.15) is 12.4 Å². The Morgan fingerprint density at radius 2 is 1.95 bits per heavy atom. The van der Waals surface area contributed by atoms with Crippen LogP contribution in [-0.2, 0) is 13.2 Å². The molecule has 0 atom stereocenters. The number of nitrogens with zero attached hydrogens (tertiary/aromatic N) is 1. The molecule has 0 aliphatic rings. The minimum atomic E-state index is 0.527. The second kappa shape index (κ2) is 7.26.